The molecule has 1 saturated heterocycles. The van der Waals surface area contributed by atoms with Gasteiger partial charge in [-0.2, -0.15) is 0 Å². The van der Waals surface area contributed by atoms with E-state index in [-0.39, 0.29) is 12.0 Å². The van der Waals surface area contributed by atoms with Gasteiger partial charge in [-0.1, -0.05) is 41.7 Å². The van der Waals surface area contributed by atoms with Crippen molar-refractivity contribution in [2.24, 2.45) is 0 Å². The van der Waals surface area contributed by atoms with E-state index in [1.54, 1.807) is 11.8 Å². The zero-order chi connectivity index (χ0) is 20.8. The summed E-state index contributed by atoms with van der Waals surface area (Å²) in [5.74, 6) is 2.14. The lowest BCUT2D eigenvalue weighted by Gasteiger charge is -2.23. The fraction of sp³-hybridized carbons (Fsp3) is 0.391. The van der Waals surface area contributed by atoms with Crippen molar-refractivity contribution >= 4 is 44.4 Å². The zero-order valence-corrected chi connectivity index (χ0v) is 18.7. The van der Waals surface area contributed by atoms with E-state index in [0.717, 1.165) is 46.3 Å². The minimum Gasteiger partial charge on any atom is -0.494 e. The molecule has 0 spiro atoms. The summed E-state index contributed by atoms with van der Waals surface area (Å²) in [6.45, 7) is 3.92. The molecule has 0 saturated carbocycles. The van der Waals surface area contributed by atoms with Crippen molar-refractivity contribution in [3.8, 4) is 5.75 Å². The highest BCUT2D eigenvalue weighted by Crippen LogP contribution is 2.32. The molecule has 7 heteroatoms. The summed E-state index contributed by atoms with van der Waals surface area (Å²) in [7, 11) is 0. The first-order valence-electron chi connectivity index (χ1n) is 10.3. The quantitative estimate of drug-likeness (QED) is 0.459. The first-order chi connectivity index (χ1) is 14.7. The second-order valence-electron chi connectivity index (χ2n) is 7.18. The minimum absolute atomic E-state index is 0.0792. The molecule has 4 rings (SSSR count). The van der Waals surface area contributed by atoms with Crippen LogP contribution in [0.5, 0.6) is 5.75 Å². The van der Waals surface area contributed by atoms with E-state index < -0.39 is 0 Å². The van der Waals surface area contributed by atoms with Crippen molar-refractivity contribution in [1.82, 2.24) is 4.98 Å². The molecular weight excluding hydrogens is 416 g/mol. The fourth-order valence-corrected chi connectivity index (χ4v) is 5.33. The van der Waals surface area contributed by atoms with E-state index in [1.807, 2.05) is 48.2 Å². The van der Waals surface area contributed by atoms with E-state index in [2.05, 4.69) is 12.1 Å². The molecule has 1 fully saturated rings. The van der Waals surface area contributed by atoms with E-state index in [0.29, 0.717) is 18.9 Å². The zero-order valence-electron chi connectivity index (χ0n) is 17.1. The van der Waals surface area contributed by atoms with Crippen molar-refractivity contribution in [3.63, 3.8) is 0 Å². The monoisotopic (exact) mass is 442 g/mol. The summed E-state index contributed by atoms with van der Waals surface area (Å²) >= 11 is 3.17. The van der Waals surface area contributed by atoms with Crippen LogP contribution in [-0.4, -0.2) is 42.5 Å². The molecule has 30 heavy (non-hydrogen) atoms. The minimum atomic E-state index is 0.0792. The molecule has 2 heterocycles. The van der Waals surface area contributed by atoms with Crippen LogP contribution in [0.15, 0.2) is 48.5 Å². The van der Waals surface area contributed by atoms with Crippen LogP contribution in [0.3, 0.4) is 0 Å². The van der Waals surface area contributed by atoms with Crippen LogP contribution in [0.1, 0.15) is 25.3 Å². The Bertz CT molecular complexity index is 971. The van der Waals surface area contributed by atoms with Gasteiger partial charge in [0, 0.05) is 12.4 Å². The molecule has 0 bridgehead atoms. The summed E-state index contributed by atoms with van der Waals surface area (Å²) in [5, 5.41) is 0.736. The molecule has 1 atom stereocenters. The Labute approximate surface area is 185 Å². The van der Waals surface area contributed by atoms with Crippen molar-refractivity contribution in [2.75, 3.05) is 30.4 Å². The lowest BCUT2D eigenvalue weighted by atomic mass is 10.2. The Kier molecular flexibility index (Phi) is 7.25. The van der Waals surface area contributed by atoms with Crippen LogP contribution in [0.2, 0.25) is 0 Å². The summed E-state index contributed by atoms with van der Waals surface area (Å²) < 4.78 is 12.4. The van der Waals surface area contributed by atoms with Gasteiger partial charge in [-0.25, -0.2) is 4.98 Å². The molecule has 1 aromatic heterocycles. The summed E-state index contributed by atoms with van der Waals surface area (Å²) in [6, 6.07) is 16.1. The number of benzene rings is 2. The normalized spacial score (nSPS) is 16.1. The molecular formula is C23H26N2O3S2. The number of amides is 1. The maximum absolute atomic E-state index is 13.2. The Balaban J connectivity index is 1.49. The number of thiazole rings is 1. The van der Waals surface area contributed by atoms with Crippen LogP contribution in [0, 0.1) is 0 Å². The average molecular weight is 443 g/mol. The van der Waals surface area contributed by atoms with Gasteiger partial charge in [0.25, 0.3) is 0 Å². The van der Waals surface area contributed by atoms with Gasteiger partial charge >= 0.3 is 0 Å². The Morgan fingerprint density at radius 1 is 1.30 bits per heavy atom. The van der Waals surface area contributed by atoms with Gasteiger partial charge in [0.15, 0.2) is 5.13 Å². The van der Waals surface area contributed by atoms with Crippen LogP contribution in [0.25, 0.3) is 10.2 Å². The molecule has 1 aliphatic rings. The molecule has 1 aliphatic heterocycles. The fourth-order valence-electron chi connectivity index (χ4n) is 3.45. The number of nitrogens with zero attached hydrogens (tertiary/aromatic N) is 2. The van der Waals surface area contributed by atoms with Gasteiger partial charge in [0.2, 0.25) is 5.91 Å². The molecule has 0 aliphatic carbocycles. The molecule has 158 valence electrons. The van der Waals surface area contributed by atoms with Crippen LogP contribution < -0.4 is 9.64 Å². The number of carbonyl (C=O) groups excluding carboxylic acids is 1. The highest BCUT2D eigenvalue weighted by molar-refractivity contribution is 7.99. The van der Waals surface area contributed by atoms with Gasteiger partial charge in [-0.05, 0) is 43.5 Å². The number of ether oxygens (including phenoxy) is 2. The average Bonchev–Trinajstić information content (AvgIpc) is 3.42. The van der Waals surface area contributed by atoms with Crippen LogP contribution in [-0.2, 0) is 15.3 Å². The second kappa shape index (κ2) is 10.3. The summed E-state index contributed by atoms with van der Waals surface area (Å²) in [4.78, 5) is 19.7. The SMILES string of the molecule is CCOc1ccc2nc(N(CC3CCCO3)C(=O)CSCc3ccccc3)sc2c1. The maximum atomic E-state index is 13.2. The summed E-state index contributed by atoms with van der Waals surface area (Å²) in [6.07, 6.45) is 2.12. The predicted octanol–water partition coefficient (Wildman–Crippen LogP) is 5.14. The molecule has 0 N–H and O–H groups in total. The predicted molar refractivity (Wildman–Crippen MR) is 125 cm³/mol. The van der Waals surface area contributed by atoms with Crippen molar-refractivity contribution < 1.29 is 14.3 Å². The molecule has 1 amide bonds. The highest BCUT2D eigenvalue weighted by atomic mass is 32.2. The Morgan fingerprint density at radius 2 is 2.17 bits per heavy atom. The van der Waals surface area contributed by atoms with E-state index >= 15 is 0 Å². The standard InChI is InChI=1S/C23H26N2O3S2/c1-2-27-18-10-11-20-21(13-18)30-23(24-20)25(14-19-9-6-12-28-19)22(26)16-29-15-17-7-4-3-5-8-17/h3-5,7-8,10-11,13,19H,2,6,9,12,14-16H2,1H3. The molecule has 1 unspecified atom stereocenters. The molecule has 5 nitrogen and oxygen atoms in total. The largest absolute Gasteiger partial charge is 0.494 e. The van der Waals surface area contributed by atoms with Crippen molar-refractivity contribution in [3.05, 3.63) is 54.1 Å². The highest BCUT2D eigenvalue weighted by Gasteiger charge is 2.26. The lowest BCUT2D eigenvalue weighted by Crippen LogP contribution is -2.38. The van der Waals surface area contributed by atoms with Gasteiger partial charge in [-0.3, -0.25) is 9.69 Å². The number of carbonyl (C=O) groups is 1. The molecule has 2 aromatic carbocycles. The van der Waals surface area contributed by atoms with Crippen molar-refractivity contribution in [2.45, 2.75) is 31.6 Å². The van der Waals surface area contributed by atoms with Crippen LogP contribution >= 0.6 is 23.1 Å². The third-order valence-corrected chi connectivity index (χ3v) is 6.97. The van der Waals surface area contributed by atoms with Gasteiger partial charge in [0.05, 0.1) is 35.2 Å². The van der Waals surface area contributed by atoms with Crippen LogP contribution in [0.4, 0.5) is 5.13 Å². The van der Waals surface area contributed by atoms with E-state index in [4.69, 9.17) is 14.5 Å². The van der Waals surface area contributed by atoms with Gasteiger partial charge in [-0.15, -0.1) is 11.8 Å². The second-order valence-corrected chi connectivity index (χ2v) is 9.17. The number of anilines is 1. The number of hydrogen-bond donors (Lipinski definition) is 0. The van der Waals surface area contributed by atoms with E-state index in [9.17, 15) is 4.79 Å². The number of fused-ring (bicyclic) bond motifs is 1. The third-order valence-electron chi connectivity index (χ3n) is 4.94. The molecule has 0 radical (unpaired) electrons. The number of aromatic nitrogens is 1. The number of thioether (sulfide) groups is 1. The summed E-state index contributed by atoms with van der Waals surface area (Å²) in [5.41, 5.74) is 2.12. The Hall–Kier alpha value is -2.09. The maximum Gasteiger partial charge on any atom is 0.238 e. The molecule has 3 aromatic rings. The smallest absolute Gasteiger partial charge is 0.238 e. The first kappa shape index (κ1) is 21.2. The lowest BCUT2D eigenvalue weighted by molar-refractivity contribution is -0.116. The Morgan fingerprint density at radius 3 is 2.93 bits per heavy atom. The first-order valence-corrected chi connectivity index (χ1v) is 12.3. The van der Waals surface area contributed by atoms with E-state index in [1.165, 1.54) is 16.9 Å². The number of rotatable bonds is 9. The third kappa shape index (κ3) is 5.33. The van der Waals surface area contributed by atoms with Crippen molar-refractivity contribution in [1.29, 1.82) is 0 Å². The van der Waals surface area contributed by atoms with Gasteiger partial charge in [0.1, 0.15) is 5.75 Å². The van der Waals surface area contributed by atoms with Gasteiger partial charge < -0.3 is 9.47 Å². The number of hydrogen-bond acceptors (Lipinski definition) is 6. The topological polar surface area (TPSA) is 51.7 Å².